The fourth-order valence-electron chi connectivity index (χ4n) is 11.3. The van der Waals surface area contributed by atoms with Crippen molar-refractivity contribution in [3.05, 3.63) is 59.2 Å². The first-order valence-corrected chi connectivity index (χ1v) is 35.1. The predicted molar refractivity (Wildman–Crippen MR) is 362 cm³/mol. The number of anilines is 2. The molecule has 24 heteroatoms. The van der Waals surface area contributed by atoms with E-state index in [1.165, 1.54) is 0 Å². The highest BCUT2D eigenvalue weighted by Gasteiger charge is 2.40. The molecule has 10 saturated heterocycles. The molecular weight excluding hydrogens is 1200 g/mol. The molecule has 10 atom stereocenters. The average molecular weight is 1310 g/mol. The molecular formula is C70H108N14O10. The molecule has 0 saturated carbocycles. The Kier molecular flexibility index (Phi) is 25.4. The first-order chi connectivity index (χ1) is 44.8. The number of benzene rings is 2. The number of nitrogens with one attached hydrogen (secondary N) is 4. The van der Waals surface area contributed by atoms with Crippen LogP contribution in [0.1, 0.15) is 192 Å². The quantitative estimate of drug-likeness (QED) is 0.0577. The summed E-state index contributed by atoms with van der Waals surface area (Å²) in [5.41, 5.74) is 3.55. The lowest BCUT2D eigenvalue weighted by Gasteiger charge is -2.14. The van der Waals surface area contributed by atoms with Crippen LogP contribution in [0.15, 0.2) is 42.5 Å². The van der Waals surface area contributed by atoms with Crippen molar-refractivity contribution in [2.45, 2.75) is 233 Å². The molecule has 0 aliphatic carbocycles. The fourth-order valence-corrected chi connectivity index (χ4v) is 11.3. The van der Waals surface area contributed by atoms with Gasteiger partial charge in [0.1, 0.15) is 0 Å². The lowest BCUT2D eigenvalue weighted by atomic mass is 10.1. The summed E-state index contributed by atoms with van der Waals surface area (Å²) in [7, 11) is 0. The second-order valence-corrected chi connectivity index (χ2v) is 28.0. The fraction of sp³-hybridized carbons (Fsp3) is 0.686. The average Bonchev–Trinajstić information content (AvgIpc) is 1.72. The van der Waals surface area contributed by atoms with Gasteiger partial charge >= 0.3 is 24.1 Å². The second-order valence-electron chi connectivity index (χ2n) is 28.0. The Balaban J connectivity index is 0.000000151. The van der Waals surface area contributed by atoms with E-state index in [4.69, 9.17) is 0 Å². The van der Waals surface area contributed by atoms with E-state index in [9.17, 15) is 47.9 Å². The number of hydrogen-bond donors (Lipinski definition) is 4. The Morgan fingerprint density at radius 1 is 0.319 bits per heavy atom. The third kappa shape index (κ3) is 22.8. The van der Waals surface area contributed by atoms with Crippen LogP contribution in [0.4, 0.5) is 30.6 Å². The van der Waals surface area contributed by atoms with Crippen LogP contribution in [0.3, 0.4) is 0 Å². The lowest BCUT2D eigenvalue weighted by molar-refractivity contribution is -0.128. The van der Waals surface area contributed by atoms with Gasteiger partial charge in [0.05, 0.1) is 0 Å². The molecule has 0 radical (unpaired) electrons. The van der Waals surface area contributed by atoms with Gasteiger partial charge in [-0.25, -0.2) is 19.2 Å². The van der Waals surface area contributed by atoms with Crippen LogP contribution in [0, 0.1) is 6.92 Å². The summed E-state index contributed by atoms with van der Waals surface area (Å²) in [6, 6.07) is 16.5. The van der Waals surface area contributed by atoms with Gasteiger partial charge in [-0.1, -0.05) is 44.2 Å². The molecule has 10 aliphatic rings. The van der Waals surface area contributed by atoms with Gasteiger partial charge in [-0.15, -0.1) is 0 Å². The maximum absolute atomic E-state index is 12.0. The van der Waals surface area contributed by atoms with E-state index in [0.717, 1.165) is 166 Å². The van der Waals surface area contributed by atoms with Crippen LogP contribution in [0.5, 0.6) is 0 Å². The summed E-state index contributed by atoms with van der Waals surface area (Å²) in [5, 5.41) is 11.6. The molecule has 0 bridgehead atoms. The third-order valence-corrected chi connectivity index (χ3v) is 19.1. The van der Waals surface area contributed by atoms with E-state index < -0.39 is 0 Å². The molecule has 2 aromatic rings. The second kappa shape index (κ2) is 33.1. The van der Waals surface area contributed by atoms with E-state index >= 15 is 0 Å². The topological polar surface area (TPSA) is 249 Å². The minimum Gasteiger partial charge on any atom is -0.338 e. The van der Waals surface area contributed by atoms with Gasteiger partial charge in [0.25, 0.3) is 11.8 Å². The van der Waals surface area contributed by atoms with E-state index in [1.807, 2.05) is 96.1 Å². The maximum atomic E-state index is 12.0. The van der Waals surface area contributed by atoms with E-state index in [0.29, 0.717) is 109 Å². The third-order valence-electron chi connectivity index (χ3n) is 19.1. The number of carbonyl (C=O) groups is 10. The number of urea groups is 4. The van der Waals surface area contributed by atoms with Crippen LogP contribution < -0.4 is 21.3 Å². The molecule has 2 aromatic carbocycles. The van der Waals surface area contributed by atoms with Crippen molar-refractivity contribution in [2.75, 3.05) is 89.2 Å². The summed E-state index contributed by atoms with van der Waals surface area (Å²) >= 11 is 0. The summed E-state index contributed by atoms with van der Waals surface area (Å²) in [4.78, 5) is 135. The molecule has 94 heavy (non-hydrogen) atoms. The van der Waals surface area contributed by atoms with E-state index in [1.54, 1.807) is 43.9 Å². The highest BCUT2D eigenvalue weighted by atomic mass is 16.2. The van der Waals surface area contributed by atoms with Crippen molar-refractivity contribution in [3.8, 4) is 0 Å². The first-order valence-electron chi connectivity index (χ1n) is 35.1. The Hall–Kier alpha value is -7.66. The number of amides is 14. The molecule has 10 aliphatic heterocycles. The maximum Gasteiger partial charge on any atom is 0.322 e. The molecule has 12 rings (SSSR count). The van der Waals surface area contributed by atoms with Crippen molar-refractivity contribution in [3.63, 3.8) is 0 Å². The van der Waals surface area contributed by atoms with Crippen molar-refractivity contribution in [1.82, 2.24) is 59.6 Å². The number of unbranched alkanes of at least 4 members (excludes halogenated alkanes) is 8. The van der Waals surface area contributed by atoms with Crippen molar-refractivity contribution in [1.29, 1.82) is 0 Å². The summed E-state index contributed by atoms with van der Waals surface area (Å²) in [6.07, 6.45) is 13.9. The summed E-state index contributed by atoms with van der Waals surface area (Å²) in [5.74, 6) is 1.18. The highest BCUT2D eigenvalue weighted by molar-refractivity contribution is 6.01. The first kappa shape index (κ1) is 72.2. The monoisotopic (exact) mass is 1300 g/mol. The zero-order valence-corrected chi connectivity index (χ0v) is 58.0. The Morgan fingerprint density at radius 2 is 0.553 bits per heavy atom. The Labute approximate surface area is 557 Å². The van der Waals surface area contributed by atoms with Crippen LogP contribution >= 0.6 is 0 Å². The smallest absolute Gasteiger partial charge is 0.322 e. The van der Waals surface area contributed by atoms with Gasteiger partial charge < -0.3 is 70.3 Å². The minimum atomic E-state index is -0.0892. The van der Waals surface area contributed by atoms with E-state index in [2.05, 4.69) is 49.0 Å². The lowest BCUT2D eigenvalue weighted by Crippen LogP contribution is -2.30. The molecule has 24 nitrogen and oxygen atoms in total. The Bertz CT molecular complexity index is 2850. The number of rotatable bonds is 24. The number of hydrogen-bond acceptors (Lipinski definition) is 10. The van der Waals surface area contributed by atoms with Crippen LogP contribution in [0.25, 0.3) is 0 Å². The zero-order valence-electron chi connectivity index (χ0n) is 58.0. The van der Waals surface area contributed by atoms with Gasteiger partial charge in [0, 0.05) is 187 Å². The van der Waals surface area contributed by atoms with Gasteiger partial charge in [-0.2, -0.15) is 0 Å². The van der Waals surface area contributed by atoms with Crippen LogP contribution in [-0.4, -0.2) is 248 Å². The van der Waals surface area contributed by atoms with Gasteiger partial charge in [0.2, 0.25) is 23.6 Å². The molecule has 10 unspecified atom stereocenters. The number of nitrogens with zero attached hydrogens (tertiary/aromatic N) is 10. The van der Waals surface area contributed by atoms with E-state index in [-0.39, 0.29) is 47.8 Å². The molecule has 518 valence electrons. The molecule has 0 aromatic heterocycles. The largest absolute Gasteiger partial charge is 0.338 e. The highest BCUT2D eigenvalue weighted by Crippen LogP contribution is 2.29. The predicted octanol–water partition coefficient (Wildman–Crippen LogP) is 8.40. The molecule has 10 heterocycles. The van der Waals surface area contributed by atoms with Crippen LogP contribution in [-0.2, 0) is 19.2 Å². The van der Waals surface area contributed by atoms with Crippen molar-refractivity contribution >= 4 is 70.9 Å². The molecule has 0 spiro atoms. The molecule has 4 N–H and O–H groups in total. The molecule has 14 amide bonds. The number of carbonyl (C=O) groups excluding carboxylic acids is 10. The SMILES string of the molecule is CC1CN1C(=O)CCCCC(=O)N1CC1C.CC1CN1C(=O)CCCCCCCC(=O)N1CC1C.CC1CN1C(=O)NCCCCCCNC(=O)N1CC1C.CC1CN1C(=O)c1cccc(C(=O)N2CC2C)c1.Cc1c(NC(=O)N2CC2C)cccc1NC(=O)N1CC1C. The van der Waals surface area contributed by atoms with Gasteiger partial charge in [-0.05, 0) is 151 Å². The van der Waals surface area contributed by atoms with Crippen molar-refractivity contribution in [2.24, 2.45) is 0 Å². The van der Waals surface area contributed by atoms with Gasteiger partial charge in [-0.3, -0.25) is 28.8 Å². The van der Waals surface area contributed by atoms with Gasteiger partial charge in [0.15, 0.2) is 0 Å². The zero-order chi connectivity index (χ0) is 68.1. The molecule has 10 fully saturated rings. The normalized spacial score (nSPS) is 24.4. The minimum absolute atomic E-state index is 0.0241. The standard InChI is InChI=1S/C15H20N4O2.C15H26N2O2.C14H26N4O2.C14H16N2O2.C12H20N2O2/c1-9-7-18(9)14(20)16-12-5-4-6-13(11(12)3)17-15(21)19-8-10(19)2;1-12-10-16(12)14(18)8-6-4-3-5-7-9-15(19)17-11-13(17)2;1-11-9-17(11)13(19)15-7-5-3-4-6-8-16-14(20)18-10-12(18)2;1-9-7-15(9)13(17)11-4-3-5-12(6-11)14(18)16-8-10(16)2;1-9-7-13(9)11(15)5-3-4-6-12(16)14-8-10(14)2/h4-6,9-10H,7-8H2,1-3H3,(H,16,20)(H,17,21);12-13H,3-11H2,1-2H3;11-12H,3-10H2,1-2H3,(H,15,19)(H,16,20);3-6,9-10H,7-8H2,1-2H3;9-10H,3-8H2,1-2H3. The summed E-state index contributed by atoms with van der Waals surface area (Å²) < 4.78 is 0. The van der Waals surface area contributed by atoms with Crippen LogP contribution in [0.2, 0.25) is 0 Å². The Morgan fingerprint density at radius 3 is 0.830 bits per heavy atom. The van der Waals surface area contributed by atoms with Crippen molar-refractivity contribution < 1.29 is 47.9 Å². The summed E-state index contributed by atoms with van der Waals surface area (Å²) in [6.45, 7) is 32.6.